The van der Waals surface area contributed by atoms with Gasteiger partial charge in [0.2, 0.25) is 0 Å². The van der Waals surface area contributed by atoms with Gasteiger partial charge in [-0.25, -0.2) is 0 Å². The van der Waals surface area contributed by atoms with Crippen LogP contribution in [0.15, 0.2) is 47.1 Å². The number of benzene rings is 1. The number of aliphatic hydroxyl groups excluding tert-OH is 1. The van der Waals surface area contributed by atoms with E-state index in [0.29, 0.717) is 49.6 Å². The van der Waals surface area contributed by atoms with Crippen molar-refractivity contribution in [1.29, 1.82) is 5.26 Å². The van der Waals surface area contributed by atoms with Gasteiger partial charge in [0.1, 0.15) is 11.9 Å². The molecule has 1 aliphatic rings. The fourth-order valence-corrected chi connectivity index (χ4v) is 2.85. The van der Waals surface area contributed by atoms with Gasteiger partial charge < -0.3 is 14.4 Å². The summed E-state index contributed by atoms with van der Waals surface area (Å²) in [5.74, 6) is 0.500. The molecule has 1 fully saturated rings. The number of furan rings is 1. The van der Waals surface area contributed by atoms with Crippen molar-refractivity contribution in [2.75, 3.05) is 32.7 Å². The Morgan fingerprint density at radius 3 is 2.71 bits per heavy atom. The third kappa shape index (κ3) is 3.65. The van der Waals surface area contributed by atoms with Crippen molar-refractivity contribution in [3.63, 3.8) is 0 Å². The van der Waals surface area contributed by atoms with Crippen molar-refractivity contribution < 1.29 is 14.3 Å². The second kappa shape index (κ2) is 7.30. The monoisotopic (exact) mass is 325 g/mol. The SMILES string of the molecule is N#Cc1cccc(C(=O)N2CCN(CC(O)c3ccco3)CC2)c1. The lowest BCUT2D eigenvalue weighted by Gasteiger charge is -2.35. The molecule has 0 radical (unpaired) electrons. The molecule has 1 N–H and O–H groups in total. The summed E-state index contributed by atoms with van der Waals surface area (Å²) >= 11 is 0. The van der Waals surface area contributed by atoms with Crippen LogP contribution in [0, 0.1) is 11.3 Å². The molecule has 124 valence electrons. The van der Waals surface area contributed by atoms with Crippen molar-refractivity contribution >= 4 is 5.91 Å². The van der Waals surface area contributed by atoms with Gasteiger partial charge >= 0.3 is 0 Å². The van der Waals surface area contributed by atoms with E-state index < -0.39 is 6.10 Å². The second-order valence-corrected chi connectivity index (χ2v) is 5.82. The molecule has 1 amide bonds. The molecule has 1 unspecified atom stereocenters. The second-order valence-electron chi connectivity index (χ2n) is 5.82. The van der Waals surface area contributed by atoms with E-state index >= 15 is 0 Å². The normalized spacial score (nSPS) is 16.6. The van der Waals surface area contributed by atoms with E-state index in [1.165, 1.54) is 0 Å². The van der Waals surface area contributed by atoms with E-state index in [0.717, 1.165) is 0 Å². The van der Waals surface area contributed by atoms with Gasteiger partial charge in [-0.1, -0.05) is 6.07 Å². The zero-order chi connectivity index (χ0) is 16.9. The molecule has 0 bridgehead atoms. The standard InChI is InChI=1S/C18H19N3O3/c19-12-14-3-1-4-15(11-14)18(23)21-8-6-20(7-9-21)13-16(22)17-5-2-10-24-17/h1-5,10-11,16,22H,6-9,13H2. The summed E-state index contributed by atoms with van der Waals surface area (Å²) in [4.78, 5) is 16.4. The van der Waals surface area contributed by atoms with Crippen molar-refractivity contribution in [2.24, 2.45) is 0 Å². The maximum Gasteiger partial charge on any atom is 0.253 e. The molecule has 1 saturated heterocycles. The molecule has 2 aromatic rings. The highest BCUT2D eigenvalue weighted by Crippen LogP contribution is 2.16. The summed E-state index contributed by atoms with van der Waals surface area (Å²) in [6.07, 6.45) is 0.888. The molecule has 2 heterocycles. The summed E-state index contributed by atoms with van der Waals surface area (Å²) in [5.41, 5.74) is 1.03. The number of nitrogens with zero attached hydrogens (tertiary/aromatic N) is 3. The first kappa shape index (κ1) is 16.2. The number of hydrogen-bond acceptors (Lipinski definition) is 5. The molecule has 0 aliphatic carbocycles. The van der Waals surface area contributed by atoms with E-state index in [2.05, 4.69) is 11.0 Å². The Bertz CT molecular complexity index is 728. The molecular formula is C18H19N3O3. The van der Waals surface area contributed by atoms with E-state index in [4.69, 9.17) is 9.68 Å². The fourth-order valence-electron chi connectivity index (χ4n) is 2.85. The lowest BCUT2D eigenvalue weighted by atomic mass is 10.1. The fraction of sp³-hybridized carbons (Fsp3) is 0.333. The number of β-amino-alcohol motifs (C(OH)–C–C–N with tert-alkyl or cyclic N) is 1. The third-order valence-corrected chi connectivity index (χ3v) is 4.20. The zero-order valence-corrected chi connectivity index (χ0v) is 13.3. The zero-order valence-electron chi connectivity index (χ0n) is 13.3. The van der Waals surface area contributed by atoms with E-state index in [1.807, 2.05) is 0 Å². The van der Waals surface area contributed by atoms with Crippen LogP contribution >= 0.6 is 0 Å². The predicted molar refractivity (Wildman–Crippen MR) is 87.2 cm³/mol. The molecule has 24 heavy (non-hydrogen) atoms. The van der Waals surface area contributed by atoms with E-state index in [-0.39, 0.29) is 5.91 Å². The quantitative estimate of drug-likeness (QED) is 0.924. The summed E-state index contributed by atoms with van der Waals surface area (Å²) in [5, 5.41) is 19.1. The van der Waals surface area contributed by atoms with E-state index in [1.54, 1.807) is 47.6 Å². The van der Waals surface area contributed by atoms with Crippen LogP contribution in [0.5, 0.6) is 0 Å². The maximum absolute atomic E-state index is 12.5. The van der Waals surface area contributed by atoms with E-state index in [9.17, 15) is 9.90 Å². The average molecular weight is 325 g/mol. The van der Waals surface area contributed by atoms with Crippen LogP contribution in [0.4, 0.5) is 0 Å². The Morgan fingerprint density at radius 1 is 1.25 bits per heavy atom. The maximum atomic E-state index is 12.5. The molecule has 1 atom stereocenters. The minimum absolute atomic E-state index is 0.0571. The van der Waals surface area contributed by atoms with Crippen LogP contribution < -0.4 is 0 Å². The number of carbonyl (C=O) groups excluding carboxylic acids is 1. The van der Waals surface area contributed by atoms with Crippen molar-refractivity contribution in [1.82, 2.24) is 9.80 Å². The first-order valence-corrected chi connectivity index (χ1v) is 7.90. The third-order valence-electron chi connectivity index (χ3n) is 4.20. The van der Waals surface area contributed by atoms with Crippen LogP contribution in [-0.2, 0) is 0 Å². The molecule has 3 rings (SSSR count). The molecule has 1 aromatic heterocycles. The highest BCUT2D eigenvalue weighted by atomic mass is 16.4. The van der Waals surface area contributed by atoms with Crippen LogP contribution in [0.3, 0.4) is 0 Å². The van der Waals surface area contributed by atoms with Crippen LogP contribution in [0.1, 0.15) is 27.8 Å². The number of carbonyl (C=O) groups is 1. The molecule has 1 aromatic carbocycles. The molecule has 6 heteroatoms. The van der Waals surface area contributed by atoms with Crippen LogP contribution in [0.2, 0.25) is 0 Å². The smallest absolute Gasteiger partial charge is 0.253 e. The molecule has 6 nitrogen and oxygen atoms in total. The van der Waals surface area contributed by atoms with Gasteiger partial charge in [0.25, 0.3) is 5.91 Å². The van der Waals surface area contributed by atoms with Crippen molar-refractivity contribution in [2.45, 2.75) is 6.10 Å². The largest absolute Gasteiger partial charge is 0.467 e. The molecule has 1 aliphatic heterocycles. The highest BCUT2D eigenvalue weighted by Gasteiger charge is 2.24. The van der Waals surface area contributed by atoms with Gasteiger partial charge in [-0.05, 0) is 30.3 Å². The topological polar surface area (TPSA) is 80.7 Å². The summed E-state index contributed by atoms with van der Waals surface area (Å²) in [6.45, 7) is 3.07. The Morgan fingerprint density at radius 2 is 2.04 bits per heavy atom. The van der Waals surface area contributed by atoms with Gasteiger partial charge in [-0.3, -0.25) is 9.69 Å². The predicted octanol–water partition coefficient (Wildman–Crippen LogP) is 1.64. The Labute approximate surface area is 140 Å². The van der Waals surface area contributed by atoms with Gasteiger partial charge in [0.05, 0.1) is 17.9 Å². The Balaban J connectivity index is 1.55. The lowest BCUT2D eigenvalue weighted by molar-refractivity contribution is 0.0486. The molecule has 0 saturated carbocycles. The number of rotatable bonds is 4. The minimum Gasteiger partial charge on any atom is -0.467 e. The van der Waals surface area contributed by atoms with Crippen LogP contribution in [-0.4, -0.2) is 53.5 Å². The molecular weight excluding hydrogens is 306 g/mol. The highest BCUT2D eigenvalue weighted by molar-refractivity contribution is 5.94. The summed E-state index contributed by atoms with van der Waals surface area (Å²) in [7, 11) is 0. The Hall–Kier alpha value is -2.62. The number of piperazine rings is 1. The number of aliphatic hydroxyl groups is 1. The Kier molecular flexibility index (Phi) is 4.94. The van der Waals surface area contributed by atoms with Gasteiger partial charge in [-0.15, -0.1) is 0 Å². The first-order valence-electron chi connectivity index (χ1n) is 7.90. The first-order chi connectivity index (χ1) is 11.7. The van der Waals surface area contributed by atoms with Crippen LogP contribution in [0.25, 0.3) is 0 Å². The van der Waals surface area contributed by atoms with Gasteiger partial charge in [-0.2, -0.15) is 5.26 Å². The van der Waals surface area contributed by atoms with Gasteiger partial charge in [0, 0.05) is 38.3 Å². The lowest BCUT2D eigenvalue weighted by Crippen LogP contribution is -2.49. The number of amides is 1. The van der Waals surface area contributed by atoms with Gasteiger partial charge in [0.15, 0.2) is 0 Å². The summed E-state index contributed by atoms with van der Waals surface area (Å²) < 4.78 is 5.21. The minimum atomic E-state index is -0.658. The summed E-state index contributed by atoms with van der Waals surface area (Å²) in [6, 6.07) is 12.3. The number of hydrogen-bond donors (Lipinski definition) is 1. The molecule has 0 spiro atoms. The average Bonchev–Trinajstić information content (AvgIpc) is 3.16. The van der Waals surface area contributed by atoms with Crippen molar-refractivity contribution in [3.8, 4) is 6.07 Å². The van der Waals surface area contributed by atoms with Crippen molar-refractivity contribution in [3.05, 3.63) is 59.5 Å². The number of nitriles is 1.